The van der Waals surface area contributed by atoms with Gasteiger partial charge in [-0.3, -0.25) is 4.79 Å². The number of likely N-dealkylation sites (tertiary alicyclic amines) is 1. The van der Waals surface area contributed by atoms with Crippen molar-refractivity contribution in [2.24, 2.45) is 5.73 Å². The summed E-state index contributed by atoms with van der Waals surface area (Å²) >= 11 is 6.47. The zero-order valence-corrected chi connectivity index (χ0v) is 16.3. The van der Waals surface area contributed by atoms with Crippen molar-refractivity contribution >= 4 is 17.5 Å². The average Bonchev–Trinajstić information content (AvgIpc) is 2.59. The first-order valence-corrected chi connectivity index (χ1v) is 9.84. The van der Waals surface area contributed by atoms with Gasteiger partial charge in [-0.15, -0.1) is 0 Å². The Morgan fingerprint density at radius 2 is 1.92 bits per heavy atom. The maximum atomic E-state index is 12.6. The molecule has 140 valence electrons. The van der Waals surface area contributed by atoms with Gasteiger partial charge in [-0.05, 0) is 63.5 Å². The van der Waals surface area contributed by atoms with Gasteiger partial charge in [0.25, 0.3) is 0 Å². The van der Waals surface area contributed by atoms with Gasteiger partial charge < -0.3 is 16.0 Å². The summed E-state index contributed by atoms with van der Waals surface area (Å²) in [5, 5.41) is 4.05. The third kappa shape index (κ3) is 5.44. The number of rotatable bonds is 9. The lowest BCUT2D eigenvalue weighted by Crippen LogP contribution is -2.47. The number of carbonyl (C=O) groups is 1. The quantitative estimate of drug-likeness (QED) is 0.705. The van der Waals surface area contributed by atoms with Crippen LogP contribution in [0.2, 0.25) is 5.02 Å². The fraction of sp³-hybridized carbons (Fsp3) is 0.650. The molecule has 0 aliphatic carbocycles. The van der Waals surface area contributed by atoms with E-state index in [9.17, 15) is 4.79 Å². The fourth-order valence-corrected chi connectivity index (χ4v) is 4.05. The van der Waals surface area contributed by atoms with Crippen LogP contribution in [0.4, 0.5) is 0 Å². The molecular weight excluding hydrogens is 334 g/mol. The van der Waals surface area contributed by atoms with E-state index >= 15 is 0 Å². The molecule has 1 aromatic rings. The number of halogens is 1. The minimum Gasteiger partial charge on any atom is -0.369 e. The first-order valence-electron chi connectivity index (χ1n) is 9.46. The molecular formula is C20H32ClN3O. The second-order valence-electron chi connectivity index (χ2n) is 7.44. The smallest absolute Gasteiger partial charge is 0.228 e. The van der Waals surface area contributed by atoms with Crippen LogP contribution in [-0.2, 0) is 10.2 Å². The number of hydrogen-bond donors (Lipinski definition) is 2. The topological polar surface area (TPSA) is 58.4 Å². The Morgan fingerprint density at radius 3 is 2.52 bits per heavy atom. The molecule has 0 aromatic heterocycles. The monoisotopic (exact) mass is 365 g/mol. The van der Waals surface area contributed by atoms with E-state index in [0.29, 0.717) is 23.9 Å². The van der Waals surface area contributed by atoms with Crippen molar-refractivity contribution in [3.8, 4) is 0 Å². The van der Waals surface area contributed by atoms with E-state index in [-0.39, 0.29) is 5.91 Å². The Balaban J connectivity index is 2.23. The third-order valence-corrected chi connectivity index (χ3v) is 5.60. The second kappa shape index (κ2) is 9.56. The Labute approximate surface area is 157 Å². The van der Waals surface area contributed by atoms with Crippen LogP contribution >= 0.6 is 11.6 Å². The highest BCUT2D eigenvalue weighted by atomic mass is 35.5. The van der Waals surface area contributed by atoms with Crippen molar-refractivity contribution in [2.75, 3.05) is 26.2 Å². The van der Waals surface area contributed by atoms with Crippen molar-refractivity contribution < 1.29 is 4.79 Å². The Hall–Kier alpha value is -1.10. The van der Waals surface area contributed by atoms with E-state index in [1.165, 1.54) is 19.3 Å². The van der Waals surface area contributed by atoms with Gasteiger partial charge in [0.05, 0.1) is 5.41 Å². The zero-order chi connectivity index (χ0) is 18.3. The minimum absolute atomic E-state index is 0.275. The van der Waals surface area contributed by atoms with Gasteiger partial charge in [-0.2, -0.15) is 0 Å². The summed E-state index contributed by atoms with van der Waals surface area (Å²) in [6.45, 7) is 8.06. The lowest BCUT2D eigenvalue weighted by molar-refractivity contribution is -0.124. The van der Waals surface area contributed by atoms with Crippen LogP contribution in [0.15, 0.2) is 24.3 Å². The van der Waals surface area contributed by atoms with Gasteiger partial charge in [0.15, 0.2) is 0 Å². The highest BCUT2D eigenvalue weighted by molar-refractivity contribution is 6.31. The summed E-state index contributed by atoms with van der Waals surface area (Å²) in [6.07, 6.45) is 5.17. The minimum atomic E-state index is -0.725. The molecule has 5 heteroatoms. The zero-order valence-electron chi connectivity index (χ0n) is 15.6. The number of nitrogens with two attached hydrogens (primary N) is 1. The molecule has 0 unspecified atom stereocenters. The van der Waals surface area contributed by atoms with Crippen LogP contribution in [0.25, 0.3) is 0 Å². The highest BCUT2D eigenvalue weighted by Crippen LogP contribution is 2.36. The molecule has 1 fully saturated rings. The molecule has 1 aromatic carbocycles. The van der Waals surface area contributed by atoms with Gasteiger partial charge >= 0.3 is 0 Å². The summed E-state index contributed by atoms with van der Waals surface area (Å²) in [4.78, 5) is 15.1. The first-order chi connectivity index (χ1) is 12.0. The number of hydrogen-bond acceptors (Lipinski definition) is 3. The van der Waals surface area contributed by atoms with Crippen LogP contribution < -0.4 is 11.1 Å². The van der Waals surface area contributed by atoms with Crippen molar-refractivity contribution in [1.29, 1.82) is 0 Å². The standard InChI is InChI=1S/C20H32ClN3O/c1-16(2)23-12-10-20(19(22)25,17-8-4-5-9-18(17)21)11-15-24-13-6-3-7-14-24/h4-5,8-9,16,23H,3,6-7,10-15H2,1-2H3,(H2,22,25)/t20-/m0/s1. The van der Waals surface area contributed by atoms with Crippen molar-refractivity contribution in [3.63, 3.8) is 0 Å². The SMILES string of the molecule is CC(C)NCC[C@@](CCN1CCCCC1)(C(N)=O)c1ccccc1Cl. The second-order valence-corrected chi connectivity index (χ2v) is 7.84. The van der Waals surface area contributed by atoms with Crippen LogP contribution in [0, 0.1) is 0 Å². The summed E-state index contributed by atoms with van der Waals surface area (Å²) in [7, 11) is 0. The molecule has 4 nitrogen and oxygen atoms in total. The Bertz CT molecular complexity index is 558. The van der Waals surface area contributed by atoms with Crippen molar-refractivity contribution in [2.45, 2.75) is 57.4 Å². The first kappa shape index (κ1) is 20.2. The lowest BCUT2D eigenvalue weighted by Gasteiger charge is -2.35. The van der Waals surface area contributed by atoms with Crippen LogP contribution in [0.5, 0.6) is 0 Å². The molecule has 3 N–H and O–H groups in total. The van der Waals surface area contributed by atoms with E-state index < -0.39 is 5.41 Å². The van der Waals surface area contributed by atoms with Crippen LogP contribution in [0.1, 0.15) is 51.5 Å². The van der Waals surface area contributed by atoms with Crippen molar-refractivity contribution in [3.05, 3.63) is 34.9 Å². The molecule has 1 aliphatic rings. The summed E-state index contributed by atoms with van der Waals surface area (Å²) in [6, 6.07) is 8.02. The number of carbonyl (C=O) groups excluding carboxylic acids is 1. The van der Waals surface area contributed by atoms with E-state index in [2.05, 4.69) is 24.1 Å². The number of primary amides is 1. The van der Waals surface area contributed by atoms with Gasteiger partial charge in [0.2, 0.25) is 5.91 Å². The summed E-state index contributed by atoms with van der Waals surface area (Å²) < 4.78 is 0. The molecule has 0 radical (unpaired) electrons. The number of benzene rings is 1. The molecule has 0 spiro atoms. The maximum Gasteiger partial charge on any atom is 0.228 e. The molecule has 0 saturated carbocycles. The highest BCUT2D eigenvalue weighted by Gasteiger charge is 2.39. The molecule has 1 aliphatic heterocycles. The molecule has 1 saturated heterocycles. The fourth-order valence-electron chi connectivity index (χ4n) is 3.73. The van der Waals surface area contributed by atoms with Gasteiger partial charge in [0.1, 0.15) is 0 Å². The van der Waals surface area contributed by atoms with E-state index in [1.807, 2.05) is 24.3 Å². The van der Waals surface area contributed by atoms with E-state index in [0.717, 1.165) is 31.7 Å². The van der Waals surface area contributed by atoms with Gasteiger partial charge in [0, 0.05) is 11.1 Å². The molecule has 1 atom stereocenters. The van der Waals surface area contributed by atoms with Gasteiger partial charge in [-0.25, -0.2) is 0 Å². The Morgan fingerprint density at radius 1 is 1.24 bits per heavy atom. The summed E-state index contributed by atoms with van der Waals surface area (Å²) in [5.41, 5.74) is 6.10. The lowest BCUT2D eigenvalue weighted by atomic mass is 9.73. The predicted octanol–water partition coefficient (Wildman–Crippen LogP) is 3.33. The number of amides is 1. The summed E-state index contributed by atoms with van der Waals surface area (Å²) in [5.74, 6) is -0.275. The number of nitrogens with one attached hydrogen (secondary N) is 1. The number of piperidine rings is 1. The molecule has 1 heterocycles. The van der Waals surface area contributed by atoms with Crippen molar-refractivity contribution in [1.82, 2.24) is 10.2 Å². The van der Waals surface area contributed by atoms with Gasteiger partial charge in [-0.1, -0.05) is 50.1 Å². The Kier molecular flexibility index (Phi) is 7.73. The van der Waals surface area contributed by atoms with E-state index in [1.54, 1.807) is 0 Å². The van der Waals surface area contributed by atoms with Crippen LogP contribution in [0.3, 0.4) is 0 Å². The maximum absolute atomic E-state index is 12.6. The third-order valence-electron chi connectivity index (χ3n) is 5.27. The molecule has 1 amide bonds. The average molecular weight is 366 g/mol. The predicted molar refractivity (Wildman–Crippen MR) is 105 cm³/mol. The molecule has 0 bridgehead atoms. The molecule has 25 heavy (non-hydrogen) atoms. The number of nitrogens with zero attached hydrogens (tertiary/aromatic N) is 1. The van der Waals surface area contributed by atoms with E-state index in [4.69, 9.17) is 17.3 Å². The normalized spacial score (nSPS) is 18.2. The molecule has 2 rings (SSSR count). The largest absolute Gasteiger partial charge is 0.369 e. The van der Waals surface area contributed by atoms with Crippen LogP contribution in [-0.4, -0.2) is 43.0 Å².